The molecule has 3 aromatic rings. The molecule has 3 nitrogen and oxygen atoms in total. The first-order valence-electron chi connectivity index (χ1n) is 7.32. The second kappa shape index (κ2) is 6.39. The largest absolute Gasteiger partial charge is 0.444 e. The Morgan fingerprint density at radius 2 is 1.77 bits per heavy atom. The van der Waals surface area contributed by atoms with Crippen molar-refractivity contribution in [1.29, 1.82) is 0 Å². The highest BCUT2D eigenvalue weighted by atomic mass is 16.3. The number of hydrogen-bond acceptors (Lipinski definition) is 3. The van der Waals surface area contributed by atoms with Gasteiger partial charge < -0.3 is 4.42 Å². The quantitative estimate of drug-likeness (QED) is 0.651. The molecule has 0 spiro atoms. The van der Waals surface area contributed by atoms with Gasteiger partial charge in [0.15, 0.2) is 5.78 Å². The molecular weight excluding hydrogens is 274 g/mol. The molecule has 0 unspecified atom stereocenters. The van der Waals surface area contributed by atoms with Crippen LogP contribution in [0.3, 0.4) is 0 Å². The van der Waals surface area contributed by atoms with Crippen LogP contribution in [0.4, 0.5) is 0 Å². The minimum atomic E-state index is 0.129. The average Bonchev–Trinajstić information content (AvgIpc) is 3.03. The maximum absolute atomic E-state index is 12.1. The molecule has 1 aromatic heterocycles. The van der Waals surface area contributed by atoms with E-state index >= 15 is 0 Å². The van der Waals surface area contributed by atoms with Crippen molar-refractivity contribution in [2.24, 2.45) is 0 Å². The van der Waals surface area contributed by atoms with E-state index in [-0.39, 0.29) is 5.78 Å². The maximum Gasteiger partial charge on any atom is 0.226 e. The van der Waals surface area contributed by atoms with Crippen LogP contribution in [0.25, 0.3) is 11.5 Å². The fraction of sp³-hybridized carbons (Fsp3) is 0.158. The monoisotopic (exact) mass is 291 g/mol. The van der Waals surface area contributed by atoms with Gasteiger partial charge in [-0.15, -0.1) is 0 Å². The van der Waals surface area contributed by atoms with Crippen LogP contribution in [0, 0.1) is 6.92 Å². The molecule has 0 aliphatic carbocycles. The lowest BCUT2D eigenvalue weighted by Gasteiger charge is -2.00. The number of carbonyl (C=O) groups is 1. The SMILES string of the molecule is Cc1ccc(C(=O)CCc2coc(-c3ccccc3)n2)cc1. The molecule has 0 saturated heterocycles. The standard InChI is InChI=1S/C19H17NO2/c1-14-7-9-15(10-8-14)18(21)12-11-17-13-22-19(20-17)16-5-3-2-4-6-16/h2-10,13H,11-12H2,1H3. The summed E-state index contributed by atoms with van der Waals surface area (Å²) in [5, 5.41) is 0. The van der Waals surface area contributed by atoms with Crippen LogP contribution in [-0.4, -0.2) is 10.8 Å². The van der Waals surface area contributed by atoms with Crippen molar-refractivity contribution in [3.8, 4) is 11.5 Å². The molecule has 3 rings (SSSR count). The molecule has 0 atom stereocenters. The van der Waals surface area contributed by atoms with Gasteiger partial charge in [0.05, 0.1) is 5.69 Å². The molecule has 110 valence electrons. The van der Waals surface area contributed by atoms with Crippen molar-refractivity contribution in [3.63, 3.8) is 0 Å². The van der Waals surface area contributed by atoms with E-state index in [2.05, 4.69) is 4.98 Å². The van der Waals surface area contributed by atoms with Gasteiger partial charge in [-0.3, -0.25) is 4.79 Å². The predicted octanol–water partition coefficient (Wildman–Crippen LogP) is 4.47. The number of Topliss-reactive ketones (excluding diaryl/α,β-unsaturated/α-hetero) is 1. The van der Waals surface area contributed by atoms with E-state index < -0.39 is 0 Å². The van der Waals surface area contributed by atoms with Crippen LogP contribution >= 0.6 is 0 Å². The minimum absolute atomic E-state index is 0.129. The lowest BCUT2D eigenvalue weighted by atomic mass is 10.0. The van der Waals surface area contributed by atoms with Crippen molar-refractivity contribution in [2.45, 2.75) is 19.8 Å². The third-order valence-corrected chi connectivity index (χ3v) is 3.55. The van der Waals surface area contributed by atoms with Gasteiger partial charge in [-0.1, -0.05) is 48.0 Å². The normalized spacial score (nSPS) is 10.6. The van der Waals surface area contributed by atoms with Crippen LogP contribution in [0.2, 0.25) is 0 Å². The van der Waals surface area contributed by atoms with Crippen molar-refractivity contribution in [3.05, 3.63) is 77.7 Å². The minimum Gasteiger partial charge on any atom is -0.444 e. The zero-order valence-corrected chi connectivity index (χ0v) is 12.5. The van der Waals surface area contributed by atoms with Crippen molar-refractivity contribution >= 4 is 5.78 Å². The first-order chi connectivity index (χ1) is 10.7. The van der Waals surface area contributed by atoms with Crippen molar-refractivity contribution in [1.82, 2.24) is 4.98 Å². The molecule has 3 heteroatoms. The summed E-state index contributed by atoms with van der Waals surface area (Å²) in [6.45, 7) is 2.01. The lowest BCUT2D eigenvalue weighted by Crippen LogP contribution is -2.01. The van der Waals surface area contributed by atoms with E-state index in [1.807, 2.05) is 61.5 Å². The molecule has 0 saturated carbocycles. The number of carbonyl (C=O) groups excluding carboxylic acids is 1. The molecule has 0 N–H and O–H groups in total. The van der Waals surface area contributed by atoms with Gasteiger partial charge in [-0.2, -0.15) is 0 Å². The molecular formula is C19H17NO2. The summed E-state index contributed by atoms with van der Waals surface area (Å²) >= 11 is 0. The fourth-order valence-corrected chi connectivity index (χ4v) is 2.26. The van der Waals surface area contributed by atoms with E-state index in [1.165, 1.54) is 0 Å². The van der Waals surface area contributed by atoms with E-state index in [0.29, 0.717) is 18.7 Å². The average molecular weight is 291 g/mol. The van der Waals surface area contributed by atoms with Crippen LogP contribution in [0.1, 0.15) is 28.0 Å². The Labute approximate surface area is 129 Å². The third-order valence-electron chi connectivity index (χ3n) is 3.55. The van der Waals surface area contributed by atoms with E-state index in [4.69, 9.17) is 4.42 Å². The number of nitrogens with zero attached hydrogens (tertiary/aromatic N) is 1. The highest BCUT2D eigenvalue weighted by Gasteiger charge is 2.10. The van der Waals surface area contributed by atoms with E-state index in [9.17, 15) is 4.79 Å². The Kier molecular flexibility index (Phi) is 4.15. The Hall–Kier alpha value is -2.68. The molecule has 0 aliphatic heterocycles. The fourth-order valence-electron chi connectivity index (χ4n) is 2.26. The maximum atomic E-state index is 12.1. The van der Waals surface area contributed by atoms with Gasteiger partial charge in [0.25, 0.3) is 0 Å². The Morgan fingerprint density at radius 3 is 2.50 bits per heavy atom. The zero-order valence-electron chi connectivity index (χ0n) is 12.5. The Balaban J connectivity index is 1.64. The van der Waals surface area contributed by atoms with Gasteiger partial charge in [0.1, 0.15) is 6.26 Å². The van der Waals surface area contributed by atoms with E-state index in [1.54, 1.807) is 6.26 Å². The summed E-state index contributed by atoms with van der Waals surface area (Å²) in [6, 6.07) is 17.4. The summed E-state index contributed by atoms with van der Waals surface area (Å²) < 4.78 is 5.48. The first-order valence-corrected chi connectivity index (χ1v) is 7.32. The number of benzene rings is 2. The van der Waals surface area contributed by atoms with Gasteiger partial charge in [-0.25, -0.2) is 4.98 Å². The number of ketones is 1. The summed E-state index contributed by atoms with van der Waals surface area (Å²) in [7, 11) is 0. The molecule has 0 aliphatic rings. The van der Waals surface area contributed by atoms with Crippen LogP contribution in [0.15, 0.2) is 65.3 Å². The number of rotatable bonds is 5. The molecule has 0 fully saturated rings. The van der Waals surface area contributed by atoms with Gasteiger partial charge >= 0.3 is 0 Å². The highest BCUT2D eigenvalue weighted by molar-refractivity contribution is 5.96. The second-order valence-electron chi connectivity index (χ2n) is 5.30. The summed E-state index contributed by atoms with van der Waals surface area (Å²) in [6.07, 6.45) is 2.65. The summed E-state index contributed by atoms with van der Waals surface area (Å²) in [4.78, 5) is 16.6. The molecule has 0 radical (unpaired) electrons. The smallest absolute Gasteiger partial charge is 0.226 e. The molecule has 0 bridgehead atoms. The van der Waals surface area contributed by atoms with Gasteiger partial charge in [0.2, 0.25) is 5.89 Å². The molecule has 2 aromatic carbocycles. The second-order valence-corrected chi connectivity index (χ2v) is 5.30. The molecule has 22 heavy (non-hydrogen) atoms. The highest BCUT2D eigenvalue weighted by Crippen LogP contribution is 2.19. The van der Waals surface area contributed by atoms with Crippen LogP contribution in [0.5, 0.6) is 0 Å². The summed E-state index contributed by atoms with van der Waals surface area (Å²) in [5.41, 5.74) is 3.65. The van der Waals surface area contributed by atoms with Crippen molar-refractivity contribution in [2.75, 3.05) is 0 Å². The molecule has 0 amide bonds. The van der Waals surface area contributed by atoms with Gasteiger partial charge in [0, 0.05) is 24.0 Å². The molecule has 1 heterocycles. The first kappa shape index (κ1) is 14.3. The topological polar surface area (TPSA) is 43.1 Å². The number of hydrogen-bond donors (Lipinski definition) is 0. The number of aryl methyl sites for hydroxylation is 2. The van der Waals surface area contributed by atoms with E-state index in [0.717, 1.165) is 22.4 Å². The van der Waals surface area contributed by atoms with Crippen molar-refractivity contribution < 1.29 is 9.21 Å². The lowest BCUT2D eigenvalue weighted by molar-refractivity contribution is 0.0982. The number of oxazole rings is 1. The predicted molar refractivity (Wildman–Crippen MR) is 85.8 cm³/mol. The zero-order chi connectivity index (χ0) is 15.4. The van der Waals surface area contributed by atoms with Crippen LogP contribution < -0.4 is 0 Å². The Bertz CT molecular complexity index is 758. The Morgan fingerprint density at radius 1 is 1.05 bits per heavy atom. The third kappa shape index (κ3) is 3.31. The van der Waals surface area contributed by atoms with Crippen LogP contribution in [-0.2, 0) is 6.42 Å². The van der Waals surface area contributed by atoms with Gasteiger partial charge in [-0.05, 0) is 19.1 Å². The summed E-state index contributed by atoms with van der Waals surface area (Å²) in [5.74, 6) is 0.725. The number of aromatic nitrogens is 1.